The standard InChI is InChI=1S/C15H30O3Si3/c1-9-21(7,8)15(4,5)20-14(2,3)19-12-10-11-18-13(16)17-6/h9H,1,10-12H2,2-8H3. The largest absolute Gasteiger partial charge is 0.507 e. The Bertz CT molecular complexity index is 352. The summed E-state index contributed by atoms with van der Waals surface area (Å²) in [6.45, 7) is 18.8. The Labute approximate surface area is 136 Å². The molecule has 0 rings (SSSR count). The second kappa shape index (κ2) is 8.33. The van der Waals surface area contributed by atoms with E-state index in [-0.39, 0.29) is 0 Å². The number of carbonyl (C=O) groups is 1. The summed E-state index contributed by atoms with van der Waals surface area (Å²) in [6, 6.07) is 1.10. The molecule has 21 heavy (non-hydrogen) atoms. The first-order chi connectivity index (χ1) is 9.47. The summed E-state index contributed by atoms with van der Waals surface area (Å²) < 4.78 is 10.1. The molecule has 0 saturated carbocycles. The van der Waals surface area contributed by atoms with Crippen molar-refractivity contribution in [3.8, 4) is 0 Å². The Morgan fingerprint density at radius 1 is 1.29 bits per heavy atom. The van der Waals surface area contributed by atoms with Gasteiger partial charge < -0.3 is 9.47 Å². The SMILES string of the molecule is C=C[Si](C)(C)C(C)(C)[Si]C(C)(C)[Si]CCCOC(=O)OC. The van der Waals surface area contributed by atoms with Crippen molar-refractivity contribution in [3.63, 3.8) is 0 Å². The van der Waals surface area contributed by atoms with Crippen molar-refractivity contribution in [1.82, 2.24) is 0 Å². The van der Waals surface area contributed by atoms with E-state index in [9.17, 15) is 4.79 Å². The molecule has 4 radical (unpaired) electrons. The molecule has 0 aromatic rings. The second-order valence-corrected chi connectivity index (χ2v) is 17.8. The molecule has 0 spiro atoms. The highest BCUT2D eigenvalue weighted by Crippen LogP contribution is 2.43. The van der Waals surface area contributed by atoms with Crippen LogP contribution in [0.2, 0.25) is 28.5 Å². The predicted octanol–water partition coefficient (Wildman–Crippen LogP) is 4.31. The summed E-state index contributed by atoms with van der Waals surface area (Å²) in [5.74, 6) is 0. The van der Waals surface area contributed by atoms with Gasteiger partial charge in [0.1, 0.15) is 0 Å². The van der Waals surface area contributed by atoms with Gasteiger partial charge in [0.25, 0.3) is 0 Å². The van der Waals surface area contributed by atoms with Gasteiger partial charge in [0.05, 0.1) is 21.8 Å². The van der Waals surface area contributed by atoms with E-state index in [2.05, 4.69) is 57.8 Å². The Balaban J connectivity index is 4.26. The third kappa shape index (κ3) is 7.47. The van der Waals surface area contributed by atoms with Gasteiger partial charge >= 0.3 is 6.16 Å². The third-order valence-corrected chi connectivity index (χ3v) is 14.2. The lowest BCUT2D eigenvalue weighted by molar-refractivity contribution is 0.0728. The number of hydrogen-bond acceptors (Lipinski definition) is 3. The molecule has 0 saturated heterocycles. The van der Waals surface area contributed by atoms with E-state index < -0.39 is 14.2 Å². The zero-order valence-corrected chi connectivity index (χ0v) is 17.6. The number of ether oxygens (including phenoxy) is 2. The first-order valence-corrected chi connectivity index (χ1v) is 12.6. The van der Waals surface area contributed by atoms with E-state index in [1.165, 1.54) is 7.11 Å². The highest BCUT2D eigenvalue weighted by Gasteiger charge is 2.40. The minimum Gasteiger partial charge on any atom is -0.438 e. The number of carbonyl (C=O) groups excluding carboxylic acids is 1. The van der Waals surface area contributed by atoms with E-state index in [4.69, 9.17) is 4.74 Å². The molecule has 0 aliphatic rings. The minimum atomic E-state index is -1.39. The summed E-state index contributed by atoms with van der Waals surface area (Å²) in [6.07, 6.45) is 0.323. The average Bonchev–Trinajstić information content (AvgIpc) is 2.36. The number of methoxy groups -OCH3 is 1. The maximum Gasteiger partial charge on any atom is 0.507 e. The molecule has 0 aliphatic heterocycles. The van der Waals surface area contributed by atoms with Crippen LogP contribution in [0.5, 0.6) is 0 Å². The van der Waals surface area contributed by atoms with Crippen LogP contribution in [0.15, 0.2) is 12.3 Å². The van der Waals surface area contributed by atoms with Gasteiger partial charge in [-0.3, -0.25) is 0 Å². The first kappa shape index (κ1) is 20.7. The van der Waals surface area contributed by atoms with Crippen molar-refractivity contribution in [2.24, 2.45) is 0 Å². The zero-order chi connectivity index (χ0) is 16.7. The summed E-state index contributed by atoms with van der Waals surface area (Å²) in [5.41, 5.74) is 2.21. The maximum atomic E-state index is 10.9. The minimum absolute atomic E-state index is 0.349. The molecule has 0 aromatic carbocycles. The smallest absolute Gasteiger partial charge is 0.438 e. The van der Waals surface area contributed by atoms with Crippen molar-refractivity contribution in [2.75, 3.05) is 13.7 Å². The molecule has 6 heteroatoms. The Morgan fingerprint density at radius 3 is 2.33 bits per heavy atom. The van der Waals surface area contributed by atoms with Crippen molar-refractivity contribution >= 4 is 33.3 Å². The number of rotatable bonds is 9. The summed E-state index contributed by atoms with van der Waals surface area (Å²) in [5, 5.41) is 0. The van der Waals surface area contributed by atoms with Crippen molar-refractivity contribution in [2.45, 2.75) is 62.6 Å². The van der Waals surface area contributed by atoms with Gasteiger partial charge in [-0.05, 0) is 11.1 Å². The van der Waals surface area contributed by atoms with Crippen molar-refractivity contribution < 1.29 is 14.3 Å². The Kier molecular flexibility index (Phi) is 8.20. The quantitative estimate of drug-likeness (QED) is 0.356. The molecule has 0 heterocycles. The second-order valence-electron chi connectivity index (χ2n) is 6.88. The topological polar surface area (TPSA) is 35.5 Å². The van der Waals surface area contributed by atoms with Gasteiger partial charge in [0, 0.05) is 19.0 Å². The fraction of sp³-hybridized carbons (Fsp3) is 0.800. The molecule has 0 aliphatic carbocycles. The van der Waals surface area contributed by atoms with Crippen LogP contribution in [0, 0.1) is 0 Å². The van der Waals surface area contributed by atoms with E-state index in [1.54, 1.807) is 0 Å². The maximum absolute atomic E-state index is 10.9. The molecule has 0 bridgehead atoms. The van der Waals surface area contributed by atoms with E-state index in [0.29, 0.717) is 15.9 Å². The highest BCUT2D eigenvalue weighted by atomic mass is 28.4. The monoisotopic (exact) mass is 342 g/mol. The third-order valence-electron chi connectivity index (χ3n) is 4.02. The lowest BCUT2D eigenvalue weighted by atomic mass is 10.5. The fourth-order valence-electron chi connectivity index (χ4n) is 1.93. The highest BCUT2D eigenvalue weighted by molar-refractivity contribution is 6.93. The van der Waals surface area contributed by atoms with Crippen LogP contribution in [0.1, 0.15) is 34.1 Å². The lowest BCUT2D eigenvalue weighted by Gasteiger charge is -2.42. The Morgan fingerprint density at radius 2 is 1.86 bits per heavy atom. The first-order valence-electron chi connectivity index (χ1n) is 7.36. The van der Waals surface area contributed by atoms with Gasteiger partial charge in [-0.2, -0.15) is 0 Å². The predicted molar refractivity (Wildman–Crippen MR) is 95.1 cm³/mol. The van der Waals surface area contributed by atoms with E-state index in [1.807, 2.05) is 0 Å². The molecule has 0 atom stereocenters. The average molecular weight is 343 g/mol. The van der Waals surface area contributed by atoms with Crippen LogP contribution in [-0.2, 0) is 9.47 Å². The van der Waals surface area contributed by atoms with Gasteiger partial charge in [-0.15, -0.1) is 12.3 Å². The number of hydrogen-bond donors (Lipinski definition) is 0. The molecule has 0 aromatic heterocycles. The fourth-order valence-corrected chi connectivity index (χ4v) is 9.52. The lowest BCUT2D eigenvalue weighted by Crippen LogP contribution is -2.45. The van der Waals surface area contributed by atoms with Crippen molar-refractivity contribution in [3.05, 3.63) is 12.3 Å². The molecular formula is C15H30O3Si3. The van der Waals surface area contributed by atoms with Gasteiger partial charge in [-0.1, -0.05) is 51.5 Å². The zero-order valence-electron chi connectivity index (χ0n) is 14.6. The van der Waals surface area contributed by atoms with E-state index >= 15 is 0 Å². The molecule has 3 nitrogen and oxygen atoms in total. The van der Waals surface area contributed by atoms with Crippen LogP contribution >= 0.6 is 0 Å². The summed E-state index contributed by atoms with van der Waals surface area (Å²) >= 11 is 0. The summed E-state index contributed by atoms with van der Waals surface area (Å²) in [4.78, 5) is 10.9. The normalized spacial score (nSPS) is 12.9. The Hall–Kier alpha value is -0.339. The van der Waals surface area contributed by atoms with Gasteiger partial charge in [0.15, 0.2) is 0 Å². The van der Waals surface area contributed by atoms with Gasteiger partial charge in [-0.25, -0.2) is 4.79 Å². The van der Waals surface area contributed by atoms with Gasteiger partial charge in [0.2, 0.25) is 0 Å². The van der Waals surface area contributed by atoms with Crippen LogP contribution in [0.3, 0.4) is 0 Å². The molecule has 0 fully saturated rings. The molecule has 120 valence electrons. The van der Waals surface area contributed by atoms with Crippen LogP contribution in [0.4, 0.5) is 4.79 Å². The molecule has 0 amide bonds. The van der Waals surface area contributed by atoms with Crippen LogP contribution < -0.4 is 0 Å². The van der Waals surface area contributed by atoms with Crippen molar-refractivity contribution in [1.29, 1.82) is 0 Å². The van der Waals surface area contributed by atoms with Crippen LogP contribution in [0.25, 0.3) is 0 Å². The molecule has 0 N–H and O–H groups in total. The van der Waals surface area contributed by atoms with E-state index in [0.717, 1.165) is 31.5 Å². The molecule has 0 unspecified atom stereocenters. The summed E-state index contributed by atoms with van der Waals surface area (Å²) in [7, 11) is 1.75. The van der Waals surface area contributed by atoms with Crippen LogP contribution in [-0.4, -0.2) is 47.0 Å². The molecular weight excluding hydrogens is 312 g/mol.